The summed E-state index contributed by atoms with van der Waals surface area (Å²) in [6.07, 6.45) is -0.756. The van der Waals surface area contributed by atoms with Gasteiger partial charge in [-0.05, 0) is 12.5 Å². The van der Waals surface area contributed by atoms with Crippen molar-refractivity contribution in [3.8, 4) is 11.5 Å². The molecular formula is C11H12O5. The Balaban J connectivity index is 2.14. The highest BCUT2D eigenvalue weighted by atomic mass is 16.7. The molecule has 1 aliphatic heterocycles. The molecule has 2 N–H and O–H groups in total. The van der Waals surface area contributed by atoms with Crippen LogP contribution in [0.5, 0.6) is 11.5 Å². The van der Waals surface area contributed by atoms with Crippen molar-refractivity contribution in [2.45, 2.75) is 18.9 Å². The molecule has 1 unspecified atom stereocenters. The second kappa shape index (κ2) is 4.40. The molecule has 1 atom stereocenters. The number of aliphatic hydroxyl groups excluding tert-OH is 1. The Morgan fingerprint density at radius 2 is 2.25 bits per heavy atom. The lowest BCUT2D eigenvalue weighted by molar-refractivity contribution is -0.137. The summed E-state index contributed by atoms with van der Waals surface area (Å²) in [5.74, 6) is 0.177. The minimum Gasteiger partial charge on any atom is -0.481 e. The van der Waals surface area contributed by atoms with E-state index < -0.39 is 12.1 Å². The molecule has 1 aromatic rings. The zero-order chi connectivity index (χ0) is 11.5. The summed E-state index contributed by atoms with van der Waals surface area (Å²) in [6.45, 7) is 0.137. The molecule has 0 saturated carbocycles. The average molecular weight is 224 g/mol. The molecule has 5 nitrogen and oxygen atoms in total. The van der Waals surface area contributed by atoms with Crippen LogP contribution in [0.25, 0.3) is 0 Å². The lowest BCUT2D eigenvalue weighted by atomic mass is 10.0. The van der Waals surface area contributed by atoms with Crippen molar-refractivity contribution in [2.75, 3.05) is 6.79 Å². The van der Waals surface area contributed by atoms with Crippen molar-refractivity contribution < 1.29 is 24.5 Å². The summed E-state index contributed by atoms with van der Waals surface area (Å²) < 4.78 is 10.4. The van der Waals surface area contributed by atoms with E-state index in [1.165, 1.54) is 0 Å². The van der Waals surface area contributed by atoms with Crippen LogP contribution in [-0.4, -0.2) is 23.0 Å². The zero-order valence-corrected chi connectivity index (χ0v) is 8.55. The first kappa shape index (κ1) is 10.8. The average Bonchev–Trinajstić information content (AvgIpc) is 2.73. The number of aliphatic carboxylic acids is 1. The molecule has 1 aliphatic rings. The summed E-state index contributed by atoms with van der Waals surface area (Å²) in [7, 11) is 0. The van der Waals surface area contributed by atoms with Gasteiger partial charge >= 0.3 is 5.97 Å². The van der Waals surface area contributed by atoms with Gasteiger partial charge in [-0.2, -0.15) is 0 Å². The van der Waals surface area contributed by atoms with Gasteiger partial charge in [-0.15, -0.1) is 0 Å². The SMILES string of the molecule is O=C(O)CCC(O)c1cccc2c1OCO2. The van der Waals surface area contributed by atoms with Crippen LogP contribution in [-0.2, 0) is 4.79 Å². The fourth-order valence-corrected chi connectivity index (χ4v) is 1.63. The van der Waals surface area contributed by atoms with Gasteiger partial charge in [0.15, 0.2) is 11.5 Å². The number of carboxylic acid groups (broad SMARTS) is 1. The Labute approximate surface area is 92.2 Å². The first-order valence-corrected chi connectivity index (χ1v) is 4.97. The molecule has 0 radical (unpaired) electrons. The first-order valence-electron chi connectivity index (χ1n) is 4.97. The van der Waals surface area contributed by atoms with Gasteiger partial charge in [0, 0.05) is 12.0 Å². The predicted octanol–water partition coefficient (Wildman–Crippen LogP) is 1.31. The molecular weight excluding hydrogens is 212 g/mol. The minimum absolute atomic E-state index is 0.0777. The number of fused-ring (bicyclic) bond motifs is 1. The van der Waals surface area contributed by atoms with Crippen LogP contribution in [0, 0.1) is 0 Å². The van der Waals surface area contributed by atoms with Crippen LogP contribution in [0.15, 0.2) is 18.2 Å². The van der Waals surface area contributed by atoms with E-state index in [0.29, 0.717) is 17.1 Å². The molecule has 1 heterocycles. The van der Waals surface area contributed by atoms with Gasteiger partial charge in [-0.25, -0.2) is 0 Å². The van der Waals surface area contributed by atoms with Crippen molar-refractivity contribution in [2.24, 2.45) is 0 Å². The van der Waals surface area contributed by atoms with Gasteiger partial charge in [0.2, 0.25) is 6.79 Å². The summed E-state index contributed by atoms with van der Waals surface area (Å²) in [5.41, 5.74) is 0.580. The number of carbonyl (C=O) groups is 1. The number of benzene rings is 1. The van der Waals surface area contributed by atoms with Crippen LogP contribution in [0.3, 0.4) is 0 Å². The van der Waals surface area contributed by atoms with Crippen LogP contribution < -0.4 is 9.47 Å². The van der Waals surface area contributed by atoms with Crippen LogP contribution in [0.1, 0.15) is 24.5 Å². The van der Waals surface area contributed by atoms with Gasteiger partial charge in [0.05, 0.1) is 6.10 Å². The van der Waals surface area contributed by atoms with Crippen molar-refractivity contribution in [3.05, 3.63) is 23.8 Å². The van der Waals surface area contributed by atoms with E-state index >= 15 is 0 Å². The second-order valence-corrected chi connectivity index (χ2v) is 3.53. The third-order valence-electron chi connectivity index (χ3n) is 2.42. The van der Waals surface area contributed by atoms with Gasteiger partial charge in [-0.1, -0.05) is 12.1 Å². The standard InChI is InChI=1S/C11H12O5/c12-8(4-5-10(13)14)7-2-1-3-9-11(7)16-6-15-9/h1-3,8,12H,4-6H2,(H,13,14). The van der Waals surface area contributed by atoms with Gasteiger partial charge < -0.3 is 19.7 Å². The largest absolute Gasteiger partial charge is 0.481 e. The van der Waals surface area contributed by atoms with Crippen molar-refractivity contribution in [1.29, 1.82) is 0 Å². The van der Waals surface area contributed by atoms with Gasteiger partial charge in [-0.3, -0.25) is 4.79 Å². The van der Waals surface area contributed by atoms with Crippen molar-refractivity contribution in [3.63, 3.8) is 0 Å². The van der Waals surface area contributed by atoms with Crippen LogP contribution in [0.2, 0.25) is 0 Å². The van der Waals surface area contributed by atoms with Gasteiger partial charge in [0.25, 0.3) is 0 Å². The Morgan fingerprint density at radius 1 is 1.44 bits per heavy atom. The van der Waals surface area contributed by atoms with Gasteiger partial charge in [0.1, 0.15) is 0 Å². The molecule has 0 spiro atoms. The Morgan fingerprint density at radius 3 is 3.00 bits per heavy atom. The maximum Gasteiger partial charge on any atom is 0.303 e. The molecule has 2 rings (SSSR count). The number of aliphatic hydroxyl groups is 1. The lowest BCUT2D eigenvalue weighted by Gasteiger charge is -2.11. The maximum atomic E-state index is 10.4. The quantitative estimate of drug-likeness (QED) is 0.806. The van der Waals surface area contributed by atoms with E-state index in [4.69, 9.17) is 14.6 Å². The summed E-state index contributed by atoms with van der Waals surface area (Å²) in [5, 5.41) is 18.4. The lowest BCUT2D eigenvalue weighted by Crippen LogP contribution is -2.03. The van der Waals surface area contributed by atoms with E-state index in [0.717, 1.165) is 0 Å². The molecule has 5 heteroatoms. The molecule has 1 aromatic carbocycles. The molecule has 0 saturated heterocycles. The smallest absolute Gasteiger partial charge is 0.303 e. The molecule has 0 fully saturated rings. The second-order valence-electron chi connectivity index (χ2n) is 3.53. The van der Waals surface area contributed by atoms with Crippen molar-refractivity contribution >= 4 is 5.97 Å². The molecule has 0 aromatic heterocycles. The zero-order valence-electron chi connectivity index (χ0n) is 8.55. The van der Waals surface area contributed by atoms with Crippen LogP contribution in [0.4, 0.5) is 0 Å². The van der Waals surface area contributed by atoms with E-state index in [1.807, 2.05) is 0 Å². The first-order chi connectivity index (χ1) is 7.68. The normalized spacial score (nSPS) is 14.8. The number of para-hydroxylation sites is 1. The van der Waals surface area contributed by atoms with Crippen LogP contribution >= 0.6 is 0 Å². The Kier molecular flexibility index (Phi) is 2.96. The number of rotatable bonds is 4. The monoisotopic (exact) mass is 224 g/mol. The molecule has 86 valence electrons. The third-order valence-corrected chi connectivity index (χ3v) is 2.42. The highest BCUT2D eigenvalue weighted by Crippen LogP contribution is 2.39. The third kappa shape index (κ3) is 2.09. The summed E-state index contributed by atoms with van der Waals surface area (Å²) in [4.78, 5) is 10.4. The number of ether oxygens (including phenoxy) is 2. The Hall–Kier alpha value is -1.75. The fourth-order valence-electron chi connectivity index (χ4n) is 1.63. The molecule has 0 amide bonds. The Bertz CT molecular complexity index is 401. The van der Waals surface area contributed by atoms with E-state index in [-0.39, 0.29) is 19.6 Å². The predicted molar refractivity (Wildman–Crippen MR) is 54.4 cm³/mol. The summed E-state index contributed by atoms with van der Waals surface area (Å²) in [6, 6.07) is 5.20. The van der Waals surface area contributed by atoms with E-state index in [9.17, 15) is 9.90 Å². The molecule has 0 aliphatic carbocycles. The number of hydrogen-bond donors (Lipinski definition) is 2. The topological polar surface area (TPSA) is 76.0 Å². The van der Waals surface area contributed by atoms with E-state index in [2.05, 4.69) is 0 Å². The van der Waals surface area contributed by atoms with E-state index in [1.54, 1.807) is 18.2 Å². The number of carboxylic acids is 1. The highest BCUT2D eigenvalue weighted by Gasteiger charge is 2.22. The summed E-state index contributed by atoms with van der Waals surface area (Å²) >= 11 is 0. The van der Waals surface area contributed by atoms with Crippen molar-refractivity contribution in [1.82, 2.24) is 0 Å². The number of hydrogen-bond acceptors (Lipinski definition) is 4. The highest BCUT2D eigenvalue weighted by molar-refractivity contribution is 5.66. The molecule has 0 bridgehead atoms. The maximum absolute atomic E-state index is 10.4. The fraction of sp³-hybridized carbons (Fsp3) is 0.364. The minimum atomic E-state index is -0.927. The molecule has 16 heavy (non-hydrogen) atoms.